The molecule has 1 aromatic heterocycles. The molecule has 1 fully saturated rings. The highest BCUT2D eigenvalue weighted by Crippen LogP contribution is 2.23. The molecule has 0 saturated carbocycles. The third-order valence-corrected chi connectivity index (χ3v) is 3.55. The number of nitrogens with zero attached hydrogens (tertiary/aromatic N) is 3. The van der Waals surface area contributed by atoms with Crippen molar-refractivity contribution in [2.75, 3.05) is 11.4 Å². The number of carbonyl (C=O) groups is 2. The zero-order chi connectivity index (χ0) is 14.8. The molecule has 2 heterocycles. The third kappa shape index (κ3) is 2.73. The van der Waals surface area contributed by atoms with Crippen LogP contribution in [0.1, 0.15) is 16.9 Å². The molecule has 8 heteroatoms. The predicted octanol–water partition coefficient (Wildman–Crippen LogP) is 0.993. The fraction of sp³-hybridized carbons (Fsp3) is 0.231. The van der Waals surface area contributed by atoms with E-state index in [0.717, 1.165) is 5.69 Å². The van der Waals surface area contributed by atoms with Gasteiger partial charge in [0.1, 0.15) is 6.04 Å². The molecule has 0 bridgehead atoms. The fourth-order valence-electron chi connectivity index (χ4n) is 2.23. The lowest BCUT2D eigenvalue weighted by atomic mass is 10.2. The van der Waals surface area contributed by atoms with E-state index in [2.05, 4.69) is 20.7 Å². The molecule has 3 rings (SSSR count). The Labute approximate surface area is 125 Å². The van der Waals surface area contributed by atoms with Crippen molar-refractivity contribution in [2.24, 2.45) is 0 Å². The summed E-state index contributed by atoms with van der Waals surface area (Å²) >= 11 is 5.83. The van der Waals surface area contributed by atoms with Crippen LogP contribution in [0.5, 0.6) is 0 Å². The van der Waals surface area contributed by atoms with Crippen LogP contribution in [-0.4, -0.2) is 39.8 Å². The van der Waals surface area contributed by atoms with Gasteiger partial charge in [-0.25, -0.2) is 0 Å². The molecule has 2 amide bonds. The van der Waals surface area contributed by atoms with Gasteiger partial charge in [0.05, 0.1) is 6.20 Å². The molecule has 1 atom stereocenters. The molecule has 2 aromatic rings. The van der Waals surface area contributed by atoms with Crippen molar-refractivity contribution in [3.8, 4) is 0 Å². The Kier molecular flexibility index (Phi) is 3.57. The van der Waals surface area contributed by atoms with E-state index in [9.17, 15) is 9.59 Å². The summed E-state index contributed by atoms with van der Waals surface area (Å²) in [4.78, 5) is 25.8. The van der Waals surface area contributed by atoms with E-state index in [0.29, 0.717) is 18.0 Å². The van der Waals surface area contributed by atoms with E-state index in [4.69, 9.17) is 11.6 Å². The number of aromatic nitrogens is 3. The first-order valence-electron chi connectivity index (χ1n) is 6.39. The van der Waals surface area contributed by atoms with Gasteiger partial charge in [-0.1, -0.05) is 11.6 Å². The number of benzene rings is 1. The first-order chi connectivity index (χ1) is 10.1. The van der Waals surface area contributed by atoms with Crippen LogP contribution in [-0.2, 0) is 4.79 Å². The number of anilines is 1. The lowest BCUT2D eigenvalue weighted by Crippen LogP contribution is -2.41. The molecule has 1 saturated heterocycles. The molecule has 0 spiro atoms. The zero-order valence-electron chi connectivity index (χ0n) is 10.9. The summed E-state index contributed by atoms with van der Waals surface area (Å²) in [5.41, 5.74) is 0.926. The number of amides is 2. The van der Waals surface area contributed by atoms with Crippen LogP contribution in [0.25, 0.3) is 0 Å². The molecule has 1 aromatic carbocycles. The van der Waals surface area contributed by atoms with Gasteiger partial charge in [-0.3, -0.25) is 9.59 Å². The lowest BCUT2D eigenvalue weighted by Gasteiger charge is -2.17. The van der Waals surface area contributed by atoms with E-state index in [1.807, 2.05) is 0 Å². The smallest absolute Gasteiger partial charge is 0.274 e. The number of hydrogen-bond acceptors (Lipinski definition) is 4. The topological polar surface area (TPSA) is 91.0 Å². The standard InChI is InChI=1S/C13H12ClN5O2/c14-8-1-3-9(4-2-8)19-6-5-10(13(19)21)16-12(20)11-7-15-18-17-11/h1-4,7,10H,5-6H2,(H,16,20)(H,15,17,18). The highest BCUT2D eigenvalue weighted by molar-refractivity contribution is 6.30. The maximum absolute atomic E-state index is 12.3. The van der Waals surface area contributed by atoms with Gasteiger partial charge < -0.3 is 10.2 Å². The Morgan fingerprint density at radius 1 is 1.38 bits per heavy atom. The van der Waals surface area contributed by atoms with Crippen molar-refractivity contribution in [1.29, 1.82) is 0 Å². The summed E-state index contributed by atoms with van der Waals surface area (Å²) in [6, 6.07) is 6.46. The zero-order valence-corrected chi connectivity index (χ0v) is 11.7. The molecule has 21 heavy (non-hydrogen) atoms. The van der Waals surface area contributed by atoms with Gasteiger partial charge in [0.2, 0.25) is 5.91 Å². The second kappa shape index (κ2) is 5.53. The number of aromatic amines is 1. The Morgan fingerprint density at radius 3 is 2.81 bits per heavy atom. The largest absolute Gasteiger partial charge is 0.339 e. The number of hydrogen-bond donors (Lipinski definition) is 2. The van der Waals surface area contributed by atoms with E-state index < -0.39 is 11.9 Å². The van der Waals surface area contributed by atoms with E-state index in [1.165, 1.54) is 6.20 Å². The first kappa shape index (κ1) is 13.6. The number of H-pyrrole nitrogens is 1. The maximum Gasteiger partial charge on any atom is 0.274 e. The van der Waals surface area contributed by atoms with Crippen LogP contribution in [0.3, 0.4) is 0 Å². The van der Waals surface area contributed by atoms with Gasteiger partial charge in [-0.05, 0) is 30.7 Å². The maximum atomic E-state index is 12.3. The minimum absolute atomic E-state index is 0.144. The monoisotopic (exact) mass is 305 g/mol. The van der Waals surface area contributed by atoms with Crippen LogP contribution >= 0.6 is 11.6 Å². The summed E-state index contributed by atoms with van der Waals surface area (Å²) in [7, 11) is 0. The minimum atomic E-state index is -0.551. The molecule has 7 nitrogen and oxygen atoms in total. The van der Waals surface area contributed by atoms with Crippen LogP contribution in [0, 0.1) is 0 Å². The second-order valence-electron chi connectivity index (χ2n) is 4.64. The highest BCUT2D eigenvalue weighted by atomic mass is 35.5. The fourth-order valence-corrected chi connectivity index (χ4v) is 2.36. The Balaban J connectivity index is 1.69. The van der Waals surface area contributed by atoms with Crippen LogP contribution in [0.15, 0.2) is 30.5 Å². The molecular weight excluding hydrogens is 294 g/mol. The van der Waals surface area contributed by atoms with E-state index in [-0.39, 0.29) is 11.6 Å². The summed E-state index contributed by atoms with van der Waals surface area (Å²) in [5.74, 6) is -0.561. The van der Waals surface area contributed by atoms with Crippen LogP contribution < -0.4 is 10.2 Å². The number of carbonyl (C=O) groups excluding carboxylic acids is 2. The third-order valence-electron chi connectivity index (χ3n) is 3.30. The molecule has 108 valence electrons. The van der Waals surface area contributed by atoms with Crippen molar-refractivity contribution >= 4 is 29.1 Å². The van der Waals surface area contributed by atoms with Crippen molar-refractivity contribution in [2.45, 2.75) is 12.5 Å². The molecule has 0 aliphatic carbocycles. The van der Waals surface area contributed by atoms with Gasteiger partial charge in [-0.2, -0.15) is 15.4 Å². The van der Waals surface area contributed by atoms with Crippen molar-refractivity contribution in [1.82, 2.24) is 20.7 Å². The molecule has 0 radical (unpaired) electrons. The average molecular weight is 306 g/mol. The Hall–Kier alpha value is -2.41. The highest BCUT2D eigenvalue weighted by Gasteiger charge is 2.34. The quantitative estimate of drug-likeness (QED) is 0.885. The Bertz CT molecular complexity index is 656. The number of rotatable bonds is 3. The molecular formula is C13H12ClN5O2. The van der Waals surface area contributed by atoms with Crippen molar-refractivity contribution in [3.63, 3.8) is 0 Å². The Morgan fingerprint density at radius 2 is 2.14 bits per heavy atom. The predicted molar refractivity (Wildman–Crippen MR) is 76.1 cm³/mol. The van der Waals surface area contributed by atoms with Gasteiger partial charge in [0, 0.05) is 17.3 Å². The minimum Gasteiger partial charge on any atom is -0.339 e. The van der Waals surface area contributed by atoms with Crippen LogP contribution in [0.2, 0.25) is 5.02 Å². The number of halogens is 1. The second-order valence-corrected chi connectivity index (χ2v) is 5.07. The summed E-state index contributed by atoms with van der Waals surface area (Å²) in [6.45, 7) is 0.546. The van der Waals surface area contributed by atoms with Gasteiger partial charge in [0.15, 0.2) is 5.69 Å². The summed E-state index contributed by atoms with van der Waals surface area (Å²) in [6.07, 6.45) is 1.86. The van der Waals surface area contributed by atoms with Crippen LogP contribution in [0.4, 0.5) is 5.69 Å². The van der Waals surface area contributed by atoms with Gasteiger partial charge in [0.25, 0.3) is 5.91 Å². The van der Waals surface area contributed by atoms with Gasteiger partial charge >= 0.3 is 0 Å². The normalized spacial score (nSPS) is 18.0. The molecule has 1 aliphatic rings. The average Bonchev–Trinajstić information content (AvgIpc) is 3.11. The lowest BCUT2D eigenvalue weighted by molar-refractivity contribution is -0.118. The van der Waals surface area contributed by atoms with Crippen molar-refractivity contribution in [3.05, 3.63) is 41.2 Å². The number of nitrogens with one attached hydrogen (secondary N) is 2. The summed E-state index contributed by atoms with van der Waals surface area (Å²) < 4.78 is 0. The summed E-state index contributed by atoms with van der Waals surface area (Å²) in [5, 5.41) is 12.9. The van der Waals surface area contributed by atoms with E-state index in [1.54, 1.807) is 29.2 Å². The van der Waals surface area contributed by atoms with Crippen molar-refractivity contribution < 1.29 is 9.59 Å². The molecule has 2 N–H and O–H groups in total. The van der Waals surface area contributed by atoms with E-state index >= 15 is 0 Å². The SMILES string of the molecule is O=C(NC1CCN(c2ccc(Cl)cc2)C1=O)c1cn[nH]n1. The molecule has 1 unspecified atom stereocenters. The first-order valence-corrected chi connectivity index (χ1v) is 6.76. The van der Waals surface area contributed by atoms with Gasteiger partial charge in [-0.15, -0.1) is 0 Å². The molecule has 1 aliphatic heterocycles.